The Morgan fingerprint density at radius 2 is 1.83 bits per heavy atom. The summed E-state index contributed by atoms with van der Waals surface area (Å²) < 4.78 is 10.5. The second kappa shape index (κ2) is 7.40. The summed E-state index contributed by atoms with van der Waals surface area (Å²) in [6.45, 7) is 0.690. The Bertz CT molecular complexity index is 701. The van der Waals surface area contributed by atoms with Crippen molar-refractivity contribution in [1.82, 2.24) is 0 Å². The molecule has 1 amide bonds. The second-order valence-corrected chi connectivity index (χ2v) is 5.03. The Morgan fingerprint density at radius 1 is 1.09 bits per heavy atom. The highest BCUT2D eigenvalue weighted by atomic mass is 16.5. The van der Waals surface area contributed by atoms with Gasteiger partial charge in [-0.25, -0.2) is 0 Å². The molecular formula is C17H21N3O3. The molecule has 0 heterocycles. The summed E-state index contributed by atoms with van der Waals surface area (Å²) in [5.74, 6) is 0.916. The predicted octanol–water partition coefficient (Wildman–Crippen LogP) is 2.04. The van der Waals surface area contributed by atoms with E-state index in [1.807, 2.05) is 18.2 Å². The third-order valence-corrected chi connectivity index (χ3v) is 3.51. The molecule has 0 saturated carbocycles. The highest BCUT2D eigenvalue weighted by Crippen LogP contribution is 2.27. The first kappa shape index (κ1) is 16.5. The van der Waals surface area contributed by atoms with Crippen molar-refractivity contribution >= 4 is 17.3 Å². The van der Waals surface area contributed by atoms with Gasteiger partial charge in [0.25, 0.3) is 0 Å². The Morgan fingerprint density at radius 3 is 2.43 bits per heavy atom. The molecule has 0 radical (unpaired) electrons. The number of methoxy groups -OCH3 is 2. The lowest BCUT2D eigenvalue weighted by molar-refractivity contribution is 0.100. The van der Waals surface area contributed by atoms with Crippen molar-refractivity contribution in [3.05, 3.63) is 47.5 Å². The van der Waals surface area contributed by atoms with Crippen molar-refractivity contribution in [3.8, 4) is 11.5 Å². The molecule has 23 heavy (non-hydrogen) atoms. The monoisotopic (exact) mass is 315 g/mol. The largest absolute Gasteiger partial charge is 0.493 e. The van der Waals surface area contributed by atoms with Gasteiger partial charge in [0, 0.05) is 12.1 Å². The first-order chi connectivity index (χ1) is 11.0. The molecule has 6 nitrogen and oxygen atoms in total. The number of carbonyl (C=O) groups excluding carboxylic acids is 1. The van der Waals surface area contributed by atoms with E-state index in [1.54, 1.807) is 32.4 Å². The van der Waals surface area contributed by atoms with Gasteiger partial charge in [-0.1, -0.05) is 6.07 Å². The van der Waals surface area contributed by atoms with Crippen molar-refractivity contribution in [1.29, 1.82) is 0 Å². The van der Waals surface area contributed by atoms with Gasteiger partial charge < -0.3 is 26.3 Å². The minimum atomic E-state index is -0.492. The molecule has 0 bridgehead atoms. The number of nitrogens with one attached hydrogen (secondary N) is 1. The van der Waals surface area contributed by atoms with Gasteiger partial charge in [-0.3, -0.25) is 4.79 Å². The van der Waals surface area contributed by atoms with Crippen LogP contribution < -0.4 is 26.3 Å². The summed E-state index contributed by atoms with van der Waals surface area (Å²) in [6, 6.07) is 10.8. The standard InChI is InChI=1S/C17H21N3O3/c1-22-15-6-3-11(9-16(15)23-2)7-8-20-14-5-4-12(17(19)21)10-13(14)18/h3-6,9-10,20H,7-8,18H2,1-2H3,(H2,19,21). The van der Waals surface area contributed by atoms with E-state index in [0.29, 0.717) is 29.3 Å². The van der Waals surface area contributed by atoms with Crippen molar-refractivity contribution in [2.45, 2.75) is 6.42 Å². The third-order valence-electron chi connectivity index (χ3n) is 3.51. The predicted molar refractivity (Wildman–Crippen MR) is 91.1 cm³/mol. The van der Waals surface area contributed by atoms with Crippen molar-refractivity contribution in [2.24, 2.45) is 5.73 Å². The maximum Gasteiger partial charge on any atom is 0.248 e. The van der Waals surface area contributed by atoms with E-state index in [1.165, 1.54) is 0 Å². The molecule has 0 aromatic heterocycles. The summed E-state index contributed by atoms with van der Waals surface area (Å²) >= 11 is 0. The molecule has 2 aromatic rings. The van der Waals surface area contributed by atoms with Crippen LogP contribution in [0, 0.1) is 0 Å². The molecule has 0 aliphatic rings. The SMILES string of the molecule is COc1ccc(CCNc2ccc(C(N)=O)cc2N)cc1OC. The van der Waals surface area contributed by atoms with Gasteiger partial charge in [-0.05, 0) is 42.3 Å². The summed E-state index contributed by atoms with van der Waals surface area (Å²) in [6.07, 6.45) is 0.789. The van der Waals surface area contributed by atoms with E-state index in [2.05, 4.69) is 5.32 Å². The van der Waals surface area contributed by atoms with Gasteiger partial charge in [-0.15, -0.1) is 0 Å². The number of nitrogen functional groups attached to an aromatic ring is 1. The zero-order valence-electron chi connectivity index (χ0n) is 13.3. The molecule has 2 aromatic carbocycles. The smallest absolute Gasteiger partial charge is 0.248 e. The van der Waals surface area contributed by atoms with Crippen LogP contribution in [0.25, 0.3) is 0 Å². The van der Waals surface area contributed by atoms with Crippen LogP contribution in [0.5, 0.6) is 11.5 Å². The lowest BCUT2D eigenvalue weighted by atomic mass is 10.1. The third kappa shape index (κ3) is 4.06. The van der Waals surface area contributed by atoms with E-state index in [9.17, 15) is 4.79 Å². The van der Waals surface area contributed by atoms with Crippen LogP contribution in [-0.4, -0.2) is 26.7 Å². The Hall–Kier alpha value is -2.89. The number of rotatable bonds is 7. The van der Waals surface area contributed by atoms with E-state index in [0.717, 1.165) is 17.7 Å². The fourth-order valence-electron chi connectivity index (χ4n) is 2.25. The summed E-state index contributed by atoms with van der Waals surface area (Å²) in [4.78, 5) is 11.1. The zero-order valence-corrected chi connectivity index (χ0v) is 13.3. The molecule has 0 fully saturated rings. The molecule has 0 spiro atoms. The highest BCUT2D eigenvalue weighted by Gasteiger charge is 2.06. The molecule has 5 N–H and O–H groups in total. The zero-order chi connectivity index (χ0) is 16.8. The average molecular weight is 315 g/mol. The van der Waals surface area contributed by atoms with Crippen LogP contribution in [0.4, 0.5) is 11.4 Å². The molecule has 0 saturated heterocycles. The van der Waals surface area contributed by atoms with Crippen LogP contribution in [0.2, 0.25) is 0 Å². The second-order valence-electron chi connectivity index (χ2n) is 5.03. The number of hydrogen-bond donors (Lipinski definition) is 3. The molecule has 2 rings (SSSR count). The average Bonchev–Trinajstić information content (AvgIpc) is 2.55. The van der Waals surface area contributed by atoms with Gasteiger partial charge in [0.15, 0.2) is 11.5 Å². The van der Waals surface area contributed by atoms with Crippen LogP contribution in [0.15, 0.2) is 36.4 Å². The van der Waals surface area contributed by atoms with E-state index >= 15 is 0 Å². The first-order valence-electron chi connectivity index (χ1n) is 7.19. The Labute approximate surface area is 135 Å². The molecule has 6 heteroatoms. The fraction of sp³-hybridized carbons (Fsp3) is 0.235. The first-order valence-corrected chi connectivity index (χ1v) is 7.19. The number of carbonyl (C=O) groups is 1. The van der Waals surface area contributed by atoms with Crippen molar-refractivity contribution in [3.63, 3.8) is 0 Å². The lowest BCUT2D eigenvalue weighted by Gasteiger charge is -2.12. The summed E-state index contributed by atoms with van der Waals surface area (Å²) in [5, 5.41) is 3.24. The van der Waals surface area contributed by atoms with Gasteiger partial charge in [-0.2, -0.15) is 0 Å². The number of amides is 1. The van der Waals surface area contributed by atoms with Gasteiger partial charge in [0.2, 0.25) is 5.91 Å². The Kier molecular flexibility index (Phi) is 5.30. The van der Waals surface area contributed by atoms with Crippen LogP contribution in [0.1, 0.15) is 15.9 Å². The highest BCUT2D eigenvalue weighted by molar-refractivity contribution is 5.94. The molecule has 0 aliphatic carbocycles. The Balaban J connectivity index is 1.98. The molecule has 0 atom stereocenters. The minimum absolute atomic E-state index is 0.396. The van der Waals surface area contributed by atoms with Crippen molar-refractivity contribution in [2.75, 3.05) is 31.8 Å². The molecule has 0 aliphatic heterocycles. The van der Waals surface area contributed by atoms with Crippen molar-refractivity contribution < 1.29 is 14.3 Å². The quantitative estimate of drug-likeness (QED) is 0.679. The maximum absolute atomic E-state index is 11.1. The number of ether oxygens (including phenoxy) is 2. The topological polar surface area (TPSA) is 99.6 Å². The number of nitrogens with two attached hydrogens (primary N) is 2. The van der Waals surface area contributed by atoms with Gasteiger partial charge in [0.1, 0.15) is 0 Å². The van der Waals surface area contributed by atoms with E-state index < -0.39 is 5.91 Å². The number of primary amides is 1. The van der Waals surface area contributed by atoms with E-state index in [-0.39, 0.29) is 0 Å². The summed E-state index contributed by atoms with van der Waals surface area (Å²) in [7, 11) is 3.22. The van der Waals surface area contributed by atoms with Crippen LogP contribution in [-0.2, 0) is 6.42 Å². The van der Waals surface area contributed by atoms with Crippen LogP contribution in [0.3, 0.4) is 0 Å². The number of benzene rings is 2. The normalized spacial score (nSPS) is 10.2. The summed E-state index contributed by atoms with van der Waals surface area (Å²) in [5.41, 5.74) is 13.9. The molecular weight excluding hydrogens is 294 g/mol. The molecule has 122 valence electrons. The van der Waals surface area contributed by atoms with Gasteiger partial charge >= 0.3 is 0 Å². The number of hydrogen-bond acceptors (Lipinski definition) is 5. The lowest BCUT2D eigenvalue weighted by Crippen LogP contribution is -2.12. The maximum atomic E-state index is 11.1. The fourth-order valence-corrected chi connectivity index (χ4v) is 2.25. The van der Waals surface area contributed by atoms with Crippen LogP contribution >= 0.6 is 0 Å². The van der Waals surface area contributed by atoms with Gasteiger partial charge in [0.05, 0.1) is 25.6 Å². The number of anilines is 2. The minimum Gasteiger partial charge on any atom is -0.493 e. The van der Waals surface area contributed by atoms with E-state index in [4.69, 9.17) is 20.9 Å². The molecule has 0 unspecified atom stereocenters.